The molecule has 1 heterocycles. The molecule has 0 saturated carbocycles. The quantitative estimate of drug-likeness (QED) is 0.720. The fourth-order valence-corrected chi connectivity index (χ4v) is 3.66. The maximum atomic E-state index is 13.3. The largest absolute Gasteiger partial charge is 0.383 e. The van der Waals surface area contributed by atoms with Crippen LogP contribution in [0, 0.1) is 0 Å². The molecular formula is C7H12BrFO2S. The van der Waals surface area contributed by atoms with Crippen LogP contribution in [0.2, 0.25) is 0 Å². The van der Waals surface area contributed by atoms with Gasteiger partial charge in [-0.3, -0.25) is 0 Å². The van der Waals surface area contributed by atoms with Gasteiger partial charge in [-0.15, -0.1) is 11.8 Å². The van der Waals surface area contributed by atoms with Gasteiger partial charge < -0.3 is 9.47 Å². The molecule has 1 saturated heterocycles. The molecule has 0 aromatic carbocycles. The first-order valence-electron chi connectivity index (χ1n) is 3.66. The van der Waals surface area contributed by atoms with E-state index in [0.29, 0.717) is 6.61 Å². The van der Waals surface area contributed by atoms with Crippen molar-refractivity contribution in [3.05, 3.63) is 0 Å². The highest BCUT2D eigenvalue weighted by Gasteiger charge is 2.43. The molecule has 5 heteroatoms. The van der Waals surface area contributed by atoms with Gasteiger partial charge in [-0.25, -0.2) is 4.39 Å². The summed E-state index contributed by atoms with van der Waals surface area (Å²) in [6, 6.07) is 0. The predicted octanol–water partition coefficient (Wildman–Crippen LogP) is 1.82. The molecule has 0 bridgehead atoms. The number of alkyl halides is 2. The first-order chi connectivity index (χ1) is 5.70. The minimum absolute atomic E-state index is 0.0966. The minimum atomic E-state index is -0.944. The lowest BCUT2D eigenvalue weighted by molar-refractivity contribution is 0.0297. The van der Waals surface area contributed by atoms with Gasteiger partial charge in [-0.05, 0) is 0 Å². The van der Waals surface area contributed by atoms with Gasteiger partial charge in [0.25, 0.3) is 0 Å². The highest BCUT2D eigenvalue weighted by molar-refractivity contribution is 9.11. The molecule has 0 spiro atoms. The SMILES string of the molecule is COCC1SC(Br)C(F)C1OC. The number of rotatable bonds is 3. The van der Waals surface area contributed by atoms with Gasteiger partial charge in [0, 0.05) is 14.2 Å². The van der Waals surface area contributed by atoms with Crippen LogP contribution < -0.4 is 0 Å². The summed E-state index contributed by atoms with van der Waals surface area (Å²) in [5.74, 6) is 0. The van der Waals surface area contributed by atoms with E-state index < -0.39 is 6.17 Å². The van der Waals surface area contributed by atoms with Crippen molar-refractivity contribution >= 4 is 27.7 Å². The van der Waals surface area contributed by atoms with Crippen molar-refractivity contribution in [2.24, 2.45) is 0 Å². The van der Waals surface area contributed by atoms with Crippen molar-refractivity contribution in [3.8, 4) is 0 Å². The molecule has 2 nitrogen and oxygen atoms in total. The summed E-state index contributed by atoms with van der Waals surface area (Å²) in [6.07, 6.45) is -1.29. The second-order valence-electron chi connectivity index (χ2n) is 2.63. The van der Waals surface area contributed by atoms with E-state index in [1.807, 2.05) is 0 Å². The Kier molecular flexibility index (Phi) is 4.29. The molecule has 72 valence electrons. The predicted molar refractivity (Wildman–Crippen MR) is 51.7 cm³/mol. The number of hydrogen-bond acceptors (Lipinski definition) is 3. The van der Waals surface area contributed by atoms with Gasteiger partial charge in [0.15, 0.2) is 0 Å². The first-order valence-corrected chi connectivity index (χ1v) is 5.52. The summed E-state index contributed by atoms with van der Waals surface area (Å²) >= 11 is 4.77. The Balaban J connectivity index is 2.52. The van der Waals surface area contributed by atoms with Crippen LogP contribution in [-0.4, -0.2) is 42.5 Å². The molecule has 1 fully saturated rings. The van der Waals surface area contributed by atoms with Crippen molar-refractivity contribution in [2.45, 2.75) is 21.7 Å². The Morgan fingerprint density at radius 3 is 2.67 bits per heavy atom. The molecule has 0 aliphatic carbocycles. The van der Waals surface area contributed by atoms with Crippen LogP contribution in [0.5, 0.6) is 0 Å². The summed E-state index contributed by atoms with van der Waals surface area (Å²) in [5, 5.41) is 0.0966. The van der Waals surface area contributed by atoms with Gasteiger partial charge in [-0.1, -0.05) is 15.9 Å². The molecule has 4 unspecified atom stereocenters. The Bertz CT molecular complexity index is 149. The summed E-state index contributed by atoms with van der Waals surface area (Å²) in [4.78, 5) is 0. The number of hydrogen-bond donors (Lipinski definition) is 0. The van der Waals surface area contributed by atoms with Crippen LogP contribution in [0.3, 0.4) is 0 Å². The molecule has 12 heavy (non-hydrogen) atoms. The average molecular weight is 259 g/mol. The zero-order chi connectivity index (χ0) is 9.14. The second kappa shape index (κ2) is 4.79. The van der Waals surface area contributed by atoms with Gasteiger partial charge in [0.1, 0.15) is 12.3 Å². The highest BCUT2D eigenvalue weighted by atomic mass is 79.9. The van der Waals surface area contributed by atoms with Crippen molar-refractivity contribution < 1.29 is 13.9 Å². The van der Waals surface area contributed by atoms with Gasteiger partial charge in [0.2, 0.25) is 0 Å². The molecule has 0 aromatic heterocycles. The first kappa shape index (κ1) is 10.8. The second-order valence-corrected chi connectivity index (χ2v) is 5.60. The standard InChI is InChI=1S/C7H12BrFO2S/c1-10-3-4-6(11-2)5(9)7(8)12-4/h4-7H,3H2,1-2H3. The Hall–Kier alpha value is 0.680. The fraction of sp³-hybridized carbons (Fsp3) is 1.00. The Morgan fingerprint density at radius 1 is 1.50 bits per heavy atom. The number of methoxy groups -OCH3 is 2. The third-order valence-corrected chi connectivity index (χ3v) is 4.26. The molecule has 0 amide bonds. The van der Waals surface area contributed by atoms with Crippen molar-refractivity contribution in [2.75, 3.05) is 20.8 Å². The number of ether oxygens (including phenoxy) is 2. The molecule has 1 rings (SSSR count). The number of thioether (sulfide) groups is 1. The molecule has 1 aliphatic rings. The van der Waals surface area contributed by atoms with Gasteiger partial charge >= 0.3 is 0 Å². The lowest BCUT2D eigenvalue weighted by atomic mass is 10.2. The molecule has 0 radical (unpaired) electrons. The van der Waals surface area contributed by atoms with Crippen molar-refractivity contribution in [1.29, 1.82) is 0 Å². The van der Waals surface area contributed by atoms with Crippen LogP contribution in [0.4, 0.5) is 4.39 Å². The summed E-state index contributed by atoms with van der Waals surface area (Å²) < 4.78 is 23.2. The Labute approximate surface area is 84.3 Å². The van der Waals surface area contributed by atoms with E-state index in [4.69, 9.17) is 9.47 Å². The van der Waals surface area contributed by atoms with E-state index in [9.17, 15) is 4.39 Å². The van der Waals surface area contributed by atoms with Gasteiger partial charge in [-0.2, -0.15) is 0 Å². The third kappa shape index (κ3) is 2.13. The number of halogens is 2. The van der Waals surface area contributed by atoms with Crippen LogP contribution >= 0.6 is 27.7 Å². The van der Waals surface area contributed by atoms with E-state index in [2.05, 4.69) is 15.9 Å². The zero-order valence-electron chi connectivity index (χ0n) is 7.00. The monoisotopic (exact) mass is 258 g/mol. The third-order valence-electron chi connectivity index (χ3n) is 1.84. The van der Waals surface area contributed by atoms with E-state index >= 15 is 0 Å². The minimum Gasteiger partial charge on any atom is -0.383 e. The van der Waals surface area contributed by atoms with Crippen LogP contribution in [0.1, 0.15) is 0 Å². The van der Waals surface area contributed by atoms with E-state index in [0.717, 1.165) is 0 Å². The van der Waals surface area contributed by atoms with Crippen LogP contribution in [0.25, 0.3) is 0 Å². The summed E-state index contributed by atoms with van der Waals surface area (Å²) in [6.45, 7) is 0.533. The van der Waals surface area contributed by atoms with E-state index in [1.165, 1.54) is 18.9 Å². The average Bonchev–Trinajstić information content (AvgIpc) is 2.29. The normalized spacial score (nSPS) is 42.0. The smallest absolute Gasteiger partial charge is 0.149 e. The van der Waals surface area contributed by atoms with Crippen molar-refractivity contribution in [1.82, 2.24) is 0 Å². The molecule has 4 atom stereocenters. The lowest BCUT2D eigenvalue weighted by Crippen LogP contribution is -2.32. The molecule has 1 aliphatic heterocycles. The maximum Gasteiger partial charge on any atom is 0.149 e. The summed E-state index contributed by atoms with van der Waals surface area (Å²) in [5.41, 5.74) is 0. The van der Waals surface area contributed by atoms with Gasteiger partial charge in [0.05, 0.1) is 16.0 Å². The van der Waals surface area contributed by atoms with Crippen LogP contribution in [-0.2, 0) is 9.47 Å². The zero-order valence-corrected chi connectivity index (χ0v) is 9.40. The van der Waals surface area contributed by atoms with Crippen molar-refractivity contribution in [3.63, 3.8) is 0 Å². The highest BCUT2D eigenvalue weighted by Crippen LogP contribution is 2.40. The topological polar surface area (TPSA) is 18.5 Å². The fourth-order valence-electron chi connectivity index (χ4n) is 1.25. The molecule has 0 N–H and O–H groups in total. The summed E-state index contributed by atoms with van der Waals surface area (Å²) in [7, 11) is 3.15. The van der Waals surface area contributed by atoms with Crippen LogP contribution in [0.15, 0.2) is 0 Å². The maximum absolute atomic E-state index is 13.3. The Morgan fingerprint density at radius 2 is 2.17 bits per heavy atom. The molecule has 0 aromatic rings. The molecular weight excluding hydrogens is 247 g/mol. The van der Waals surface area contributed by atoms with E-state index in [1.54, 1.807) is 7.11 Å². The van der Waals surface area contributed by atoms with E-state index in [-0.39, 0.29) is 15.5 Å². The lowest BCUT2D eigenvalue weighted by Gasteiger charge is -2.17.